The Balaban J connectivity index is 2.28. The number of hydrogen-bond acceptors (Lipinski definition) is 4. The first-order valence-corrected chi connectivity index (χ1v) is 5.89. The minimum Gasteiger partial charge on any atom is -0.340 e. The molecule has 1 aromatic carbocycles. The van der Waals surface area contributed by atoms with Gasteiger partial charge in [-0.1, -0.05) is 24.6 Å². The number of rotatable bonds is 3. The topological polar surface area (TPSA) is 61.6 Å². The lowest BCUT2D eigenvalue weighted by Gasteiger charge is -2.07. The third-order valence-electron chi connectivity index (χ3n) is 2.32. The number of halogens is 1. The van der Waals surface area contributed by atoms with E-state index in [1.165, 1.54) is 0 Å². The lowest BCUT2D eigenvalue weighted by atomic mass is 10.2. The Hall–Kier alpha value is -2.12. The number of aryl methyl sites for hydroxylation is 1. The first kappa shape index (κ1) is 12.3. The molecule has 1 heterocycles. The molecule has 2 aromatic rings. The molecule has 0 aliphatic rings. The maximum absolute atomic E-state index is 8.83. The quantitative estimate of drug-likeness (QED) is 0.858. The fraction of sp³-hybridized carbons (Fsp3) is 0.154. The SMILES string of the molecule is CCc1nc(Cl)cc(Nc2cccc(C#N)c2)n1. The van der Waals surface area contributed by atoms with Crippen molar-refractivity contribution in [1.29, 1.82) is 5.26 Å². The van der Waals surface area contributed by atoms with Crippen molar-refractivity contribution in [1.82, 2.24) is 9.97 Å². The minimum absolute atomic E-state index is 0.404. The van der Waals surface area contributed by atoms with Gasteiger partial charge in [0.05, 0.1) is 11.6 Å². The summed E-state index contributed by atoms with van der Waals surface area (Å²) in [4.78, 5) is 8.40. The Morgan fingerprint density at radius 3 is 2.89 bits per heavy atom. The predicted molar refractivity (Wildman–Crippen MR) is 70.9 cm³/mol. The van der Waals surface area contributed by atoms with E-state index in [1.54, 1.807) is 18.2 Å². The van der Waals surface area contributed by atoms with Crippen LogP contribution in [0, 0.1) is 11.3 Å². The first-order valence-electron chi connectivity index (χ1n) is 5.52. The van der Waals surface area contributed by atoms with E-state index in [0.717, 1.165) is 5.69 Å². The number of anilines is 2. The van der Waals surface area contributed by atoms with Crippen LogP contribution in [0.15, 0.2) is 30.3 Å². The van der Waals surface area contributed by atoms with Crippen LogP contribution in [0.5, 0.6) is 0 Å². The van der Waals surface area contributed by atoms with Gasteiger partial charge in [0.25, 0.3) is 0 Å². The number of benzene rings is 1. The van der Waals surface area contributed by atoms with Crippen LogP contribution in [-0.4, -0.2) is 9.97 Å². The molecule has 4 nitrogen and oxygen atoms in total. The van der Waals surface area contributed by atoms with Crippen molar-refractivity contribution < 1.29 is 0 Å². The van der Waals surface area contributed by atoms with Crippen molar-refractivity contribution in [3.8, 4) is 6.07 Å². The van der Waals surface area contributed by atoms with Crippen LogP contribution in [0.25, 0.3) is 0 Å². The van der Waals surface area contributed by atoms with E-state index in [-0.39, 0.29) is 0 Å². The molecular formula is C13H11ClN4. The Morgan fingerprint density at radius 1 is 1.33 bits per heavy atom. The number of nitriles is 1. The van der Waals surface area contributed by atoms with Crippen LogP contribution < -0.4 is 5.32 Å². The predicted octanol–water partition coefficient (Wildman–Crippen LogP) is 3.31. The van der Waals surface area contributed by atoms with E-state index in [2.05, 4.69) is 21.4 Å². The summed E-state index contributed by atoms with van der Waals surface area (Å²) in [5.74, 6) is 1.31. The fourth-order valence-electron chi connectivity index (χ4n) is 1.50. The summed E-state index contributed by atoms with van der Waals surface area (Å²) >= 11 is 5.91. The fourth-order valence-corrected chi connectivity index (χ4v) is 1.70. The molecular weight excluding hydrogens is 248 g/mol. The second kappa shape index (κ2) is 5.48. The smallest absolute Gasteiger partial charge is 0.135 e. The van der Waals surface area contributed by atoms with Gasteiger partial charge in [0.1, 0.15) is 16.8 Å². The standard InChI is InChI=1S/C13H11ClN4/c1-2-12-17-11(14)7-13(18-12)16-10-5-3-4-9(6-10)8-15/h3-7H,2H2,1H3,(H,16,17,18). The van der Waals surface area contributed by atoms with Crippen molar-refractivity contribution in [3.63, 3.8) is 0 Å². The van der Waals surface area contributed by atoms with Gasteiger partial charge in [-0.25, -0.2) is 9.97 Å². The zero-order chi connectivity index (χ0) is 13.0. The third kappa shape index (κ3) is 2.96. The number of aromatic nitrogens is 2. The second-order valence-corrected chi connectivity index (χ2v) is 4.05. The number of nitrogens with one attached hydrogen (secondary N) is 1. The molecule has 0 radical (unpaired) electrons. The van der Waals surface area contributed by atoms with Crippen LogP contribution in [0.1, 0.15) is 18.3 Å². The summed E-state index contributed by atoms with van der Waals surface area (Å²) in [7, 11) is 0. The highest BCUT2D eigenvalue weighted by atomic mass is 35.5. The van der Waals surface area contributed by atoms with Crippen LogP contribution in [0.4, 0.5) is 11.5 Å². The summed E-state index contributed by atoms with van der Waals surface area (Å²) in [5, 5.41) is 12.3. The average molecular weight is 259 g/mol. The second-order valence-electron chi connectivity index (χ2n) is 3.66. The maximum atomic E-state index is 8.83. The van der Waals surface area contributed by atoms with E-state index in [4.69, 9.17) is 16.9 Å². The molecule has 0 aliphatic carbocycles. The van der Waals surface area contributed by atoms with Gasteiger partial charge in [0.15, 0.2) is 0 Å². The molecule has 0 bridgehead atoms. The summed E-state index contributed by atoms with van der Waals surface area (Å²) in [6, 6.07) is 10.9. The van der Waals surface area contributed by atoms with E-state index < -0.39 is 0 Å². The number of nitrogens with zero attached hydrogens (tertiary/aromatic N) is 3. The lowest BCUT2D eigenvalue weighted by Crippen LogP contribution is -1.99. The van der Waals surface area contributed by atoms with Gasteiger partial charge in [-0.2, -0.15) is 5.26 Å². The van der Waals surface area contributed by atoms with Crippen molar-refractivity contribution in [2.24, 2.45) is 0 Å². The summed E-state index contributed by atoms with van der Waals surface area (Å²) in [6.45, 7) is 1.96. The Bertz CT molecular complexity index is 604. The summed E-state index contributed by atoms with van der Waals surface area (Å²) in [5.41, 5.74) is 1.39. The molecule has 90 valence electrons. The van der Waals surface area contributed by atoms with Crippen molar-refractivity contribution in [2.45, 2.75) is 13.3 Å². The molecule has 0 aliphatic heterocycles. The van der Waals surface area contributed by atoms with Gasteiger partial charge in [0.2, 0.25) is 0 Å². The maximum Gasteiger partial charge on any atom is 0.135 e. The molecule has 0 spiro atoms. The van der Waals surface area contributed by atoms with Gasteiger partial charge in [0, 0.05) is 18.2 Å². The highest BCUT2D eigenvalue weighted by Crippen LogP contribution is 2.18. The molecule has 1 aromatic heterocycles. The number of hydrogen-bond donors (Lipinski definition) is 1. The molecule has 1 N–H and O–H groups in total. The molecule has 0 atom stereocenters. The minimum atomic E-state index is 0.404. The highest BCUT2D eigenvalue weighted by molar-refractivity contribution is 6.29. The molecule has 0 saturated carbocycles. The lowest BCUT2D eigenvalue weighted by molar-refractivity contribution is 0.943. The molecule has 5 heteroatoms. The van der Waals surface area contributed by atoms with Crippen LogP contribution in [0.3, 0.4) is 0 Å². The van der Waals surface area contributed by atoms with Gasteiger partial charge in [-0.15, -0.1) is 0 Å². The monoisotopic (exact) mass is 258 g/mol. The van der Waals surface area contributed by atoms with Crippen LogP contribution in [-0.2, 0) is 6.42 Å². The molecule has 0 fully saturated rings. The molecule has 2 rings (SSSR count). The third-order valence-corrected chi connectivity index (χ3v) is 2.52. The van der Waals surface area contributed by atoms with Gasteiger partial charge < -0.3 is 5.32 Å². The highest BCUT2D eigenvalue weighted by Gasteiger charge is 2.02. The Labute approximate surface area is 110 Å². The Kier molecular flexibility index (Phi) is 3.75. The van der Waals surface area contributed by atoms with E-state index >= 15 is 0 Å². The van der Waals surface area contributed by atoms with Crippen molar-refractivity contribution in [2.75, 3.05) is 5.32 Å². The van der Waals surface area contributed by atoms with Gasteiger partial charge in [-0.3, -0.25) is 0 Å². The molecule has 18 heavy (non-hydrogen) atoms. The first-order chi connectivity index (χ1) is 8.71. The van der Waals surface area contributed by atoms with E-state index in [1.807, 2.05) is 19.1 Å². The molecule has 0 amide bonds. The van der Waals surface area contributed by atoms with Crippen LogP contribution >= 0.6 is 11.6 Å². The molecule has 0 saturated heterocycles. The summed E-state index contributed by atoms with van der Waals surface area (Å²) < 4.78 is 0. The average Bonchev–Trinajstić information content (AvgIpc) is 2.38. The largest absolute Gasteiger partial charge is 0.340 e. The molecule has 0 unspecified atom stereocenters. The summed E-state index contributed by atoms with van der Waals surface area (Å²) in [6.07, 6.45) is 0.716. The zero-order valence-corrected chi connectivity index (χ0v) is 10.6. The Morgan fingerprint density at radius 2 is 2.17 bits per heavy atom. The van der Waals surface area contributed by atoms with Crippen molar-refractivity contribution >= 4 is 23.1 Å². The van der Waals surface area contributed by atoms with Gasteiger partial charge in [-0.05, 0) is 18.2 Å². The van der Waals surface area contributed by atoms with E-state index in [0.29, 0.717) is 28.8 Å². The zero-order valence-electron chi connectivity index (χ0n) is 9.81. The van der Waals surface area contributed by atoms with Crippen molar-refractivity contribution in [3.05, 3.63) is 46.9 Å². The van der Waals surface area contributed by atoms with E-state index in [9.17, 15) is 0 Å². The van der Waals surface area contributed by atoms with Crippen LogP contribution in [0.2, 0.25) is 5.15 Å². The van der Waals surface area contributed by atoms with Gasteiger partial charge >= 0.3 is 0 Å². The normalized spacial score (nSPS) is 9.83.